The van der Waals surface area contributed by atoms with Gasteiger partial charge in [0.2, 0.25) is 10.0 Å². The van der Waals surface area contributed by atoms with E-state index in [9.17, 15) is 8.42 Å². The molecule has 5 nitrogen and oxygen atoms in total. The fourth-order valence-corrected chi connectivity index (χ4v) is 3.44. The number of sulfonamides is 1. The van der Waals surface area contributed by atoms with Crippen LogP contribution in [0.5, 0.6) is 0 Å². The lowest BCUT2D eigenvalue weighted by molar-refractivity contribution is 0.287. The minimum absolute atomic E-state index is 0.0162. The van der Waals surface area contributed by atoms with Gasteiger partial charge in [0.25, 0.3) is 0 Å². The van der Waals surface area contributed by atoms with Gasteiger partial charge in [-0.3, -0.25) is 4.72 Å². The average molecular weight is 286 g/mol. The number of fused-ring (bicyclic) bond motifs is 1. The van der Waals surface area contributed by atoms with E-state index in [2.05, 4.69) is 9.71 Å². The van der Waals surface area contributed by atoms with E-state index in [-0.39, 0.29) is 12.4 Å². The quantitative estimate of drug-likeness (QED) is 0.794. The Morgan fingerprint density at radius 1 is 1.33 bits per heavy atom. The summed E-state index contributed by atoms with van der Waals surface area (Å²) >= 11 is 1.47. The minimum Gasteiger partial charge on any atom is -0.396 e. The molecule has 0 atom stereocenters. The molecule has 1 heterocycles. The number of benzene rings is 1. The maximum Gasteiger partial charge on any atom is 0.232 e. The zero-order valence-electron chi connectivity index (χ0n) is 9.67. The number of thiazole rings is 1. The van der Waals surface area contributed by atoms with Crippen molar-refractivity contribution >= 4 is 37.3 Å². The highest BCUT2D eigenvalue weighted by atomic mass is 32.2. The highest BCUT2D eigenvalue weighted by Crippen LogP contribution is 2.22. The van der Waals surface area contributed by atoms with Gasteiger partial charge < -0.3 is 5.11 Å². The number of unbranched alkanes of at least 4 members (excludes halogenated alkanes) is 1. The maximum absolute atomic E-state index is 11.7. The number of anilines is 1. The zero-order valence-corrected chi connectivity index (χ0v) is 11.3. The van der Waals surface area contributed by atoms with E-state index in [1.807, 2.05) is 0 Å². The lowest BCUT2D eigenvalue weighted by Gasteiger charge is -2.07. The van der Waals surface area contributed by atoms with Crippen molar-refractivity contribution in [2.45, 2.75) is 12.8 Å². The van der Waals surface area contributed by atoms with Crippen molar-refractivity contribution in [2.75, 3.05) is 17.1 Å². The fraction of sp³-hybridized carbons (Fsp3) is 0.364. The second-order valence-corrected chi connectivity index (χ2v) is 6.61. The van der Waals surface area contributed by atoms with E-state index in [4.69, 9.17) is 5.11 Å². The number of aliphatic hydroxyl groups excluding tert-OH is 1. The van der Waals surface area contributed by atoms with E-state index in [1.165, 1.54) is 11.3 Å². The molecule has 2 rings (SSSR count). The third kappa shape index (κ3) is 3.41. The molecule has 0 fully saturated rings. The molecule has 18 heavy (non-hydrogen) atoms. The van der Waals surface area contributed by atoms with Crippen LogP contribution in [0.1, 0.15) is 12.8 Å². The maximum atomic E-state index is 11.7. The van der Waals surface area contributed by atoms with Gasteiger partial charge in [-0.2, -0.15) is 0 Å². The number of nitrogens with zero attached hydrogens (tertiary/aromatic N) is 1. The molecular weight excluding hydrogens is 272 g/mol. The largest absolute Gasteiger partial charge is 0.396 e. The van der Waals surface area contributed by atoms with Crippen LogP contribution in [0.2, 0.25) is 0 Å². The summed E-state index contributed by atoms with van der Waals surface area (Å²) in [7, 11) is -3.34. The molecule has 1 aromatic carbocycles. The average Bonchev–Trinajstić information content (AvgIpc) is 2.75. The van der Waals surface area contributed by atoms with Crippen LogP contribution in [0.25, 0.3) is 10.2 Å². The molecule has 0 saturated carbocycles. The Labute approximate surface area is 110 Å². The van der Waals surface area contributed by atoms with Gasteiger partial charge in [0.05, 0.1) is 27.2 Å². The number of hydrogen-bond acceptors (Lipinski definition) is 5. The Kier molecular flexibility index (Phi) is 4.15. The van der Waals surface area contributed by atoms with Gasteiger partial charge >= 0.3 is 0 Å². The third-order valence-corrected chi connectivity index (χ3v) is 4.59. The lowest BCUT2D eigenvalue weighted by Crippen LogP contribution is -2.16. The van der Waals surface area contributed by atoms with Crippen LogP contribution >= 0.6 is 11.3 Å². The molecule has 7 heteroatoms. The van der Waals surface area contributed by atoms with E-state index in [1.54, 1.807) is 23.7 Å². The molecule has 0 aliphatic heterocycles. The molecule has 2 aromatic rings. The van der Waals surface area contributed by atoms with Crippen LogP contribution in [0.15, 0.2) is 23.7 Å². The number of aromatic nitrogens is 1. The first-order chi connectivity index (χ1) is 8.61. The molecule has 98 valence electrons. The second kappa shape index (κ2) is 5.64. The van der Waals surface area contributed by atoms with Crippen molar-refractivity contribution < 1.29 is 13.5 Å². The normalized spacial score (nSPS) is 11.8. The highest BCUT2D eigenvalue weighted by Gasteiger charge is 2.10. The monoisotopic (exact) mass is 286 g/mol. The van der Waals surface area contributed by atoms with E-state index in [0.29, 0.717) is 18.5 Å². The van der Waals surface area contributed by atoms with Gasteiger partial charge in [-0.1, -0.05) is 0 Å². The van der Waals surface area contributed by atoms with Crippen LogP contribution in [0.3, 0.4) is 0 Å². The highest BCUT2D eigenvalue weighted by molar-refractivity contribution is 7.92. The number of aliphatic hydroxyl groups is 1. The first kappa shape index (κ1) is 13.3. The smallest absolute Gasteiger partial charge is 0.232 e. The molecule has 0 unspecified atom stereocenters. The van der Waals surface area contributed by atoms with Crippen LogP contribution in [0.4, 0.5) is 5.69 Å². The summed E-state index contributed by atoms with van der Waals surface area (Å²) in [5, 5.41) is 8.63. The Morgan fingerprint density at radius 2 is 2.17 bits per heavy atom. The molecule has 0 spiro atoms. The van der Waals surface area contributed by atoms with E-state index in [0.717, 1.165) is 10.2 Å². The van der Waals surface area contributed by atoms with E-state index >= 15 is 0 Å². The first-order valence-electron chi connectivity index (χ1n) is 5.55. The Hall–Kier alpha value is -1.18. The number of rotatable bonds is 6. The Morgan fingerprint density at radius 3 is 2.94 bits per heavy atom. The summed E-state index contributed by atoms with van der Waals surface area (Å²) in [4.78, 5) is 4.13. The number of hydrogen-bond donors (Lipinski definition) is 2. The second-order valence-electron chi connectivity index (χ2n) is 3.89. The summed E-state index contributed by atoms with van der Waals surface area (Å²) in [5.74, 6) is 0.0221. The lowest BCUT2D eigenvalue weighted by atomic mass is 10.3. The standard InChI is InChI=1S/C11H14N2O3S2/c14-5-1-2-6-18(15,16)13-9-3-4-10-11(7-9)17-8-12-10/h3-4,7-8,13-14H,1-2,5-6H2. The van der Waals surface area contributed by atoms with Crippen LogP contribution in [0, 0.1) is 0 Å². The summed E-state index contributed by atoms with van der Waals surface area (Å²) in [6, 6.07) is 5.26. The van der Waals surface area contributed by atoms with Crippen molar-refractivity contribution in [3.8, 4) is 0 Å². The van der Waals surface area contributed by atoms with Crippen LogP contribution < -0.4 is 4.72 Å². The van der Waals surface area contributed by atoms with Crippen molar-refractivity contribution in [1.29, 1.82) is 0 Å². The summed E-state index contributed by atoms with van der Waals surface area (Å²) in [6.45, 7) is 0.0162. The van der Waals surface area contributed by atoms with Crippen molar-refractivity contribution in [1.82, 2.24) is 4.98 Å². The van der Waals surface area contributed by atoms with Crippen molar-refractivity contribution in [3.05, 3.63) is 23.7 Å². The predicted molar refractivity (Wildman–Crippen MR) is 73.3 cm³/mol. The van der Waals surface area contributed by atoms with Gasteiger partial charge in [-0.25, -0.2) is 13.4 Å². The summed E-state index contributed by atoms with van der Waals surface area (Å²) in [5.41, 5.74) is 3.14. The molecule has 0 aliphatic carbocycles. The molecule has 0 bridgehead atoms. The molecule has 0 amide bonds. The summed E-state index contributed by atoms with van der Waals surface area (Å²) < 4.78 is 27.0. The Balaban J connectivity index is 2.07. The zero-order chi connectivity index (χ0) is 13.0. The first-order valence-corrected chi connectivity index (χ1v) is 8.08. The fourth-order valence-electron chi connectivity index (χ4n) is 1.55. The van der Waals surface area contributed by atoms with Crippen LogP contribution in [-0.4, -0.2) is 30.9 Å². The topological polar surface area (TPSA) is 79.3 Å². The van der Waals surface area contributed by atoms with Crippen molar-refractivity contribution in [2.24, 2.45) is 0 Å². The van der Waals surface area contributed by atoms with Gasteiger partial charge in [0.1, 0.15) is 0 Å². The van der Waals surface area contributed by atoms with E-state index < -0.39 is 10.0 Å². The van der Waals surface area contributed by atoms with Gasteiger partial charge in [-0.05, 0) is 31.0 Å². The third-order valence-electron chi connectivity index (χ3n) is 2.43. The summed E-state index contributed by atoms with van der Waals surface area (Å²) in [6.07, 6.45) is 0.948. The Bertz CT molecular complexity index is 622. The van der Waals surface area contributed by atoms with Gasteiger partial charge in [0, 0.05) is 6.61 Å². The number of nitrogens with one attached hydrogen (secondary N) is 1. The molecule has 0 aliphatic rings. The van der Waals surface area contributed by atoms with Crippen LogP contribution in [-0.2, 0) is 10.0 Å². The van der Waals surface area contributed by atoms with Crippen molar-refractivity contribution in [3.63, 3.8) is 0 Å². The molecular formula is C11H14N2O3S2. The SMILES string of the molecule is O=S(=O)(CCCCO)Nc1ccc2ncsc2c1. The molecule has 0 saturated heterocycles. The molecule has 2 N–H and O–H groups in total. The molecule has 1 aromatic heterocycles. The minimum atomic E-state index is -3.34. The molecule has 0 radical (unpaired) electrons. The van der Waals surface area contributed by atoms with Gasteiger partial charge in [0.15, 0.2) is 0 Å². The van der Waals surface area contributed by atoms with Gasteiger partial charge in [-0.15, -0.1) is 11.3 Å². The predicted octanol–water partition coefficient (Wildman–Crippen LogP) is 1.81.